The van der Waals surface area contributed by atoms with Crippen molar-refractivity contribution in [1.29, 1.82) is 0 Å². The van der Waals surface area contributed by atoms with Crippen LogP contribution in [0.2, 0.25) is 0 Å². The van der Waals surface area contributed by atoms with E-state index >= 15 is 0 Å². The second-order valence-electron chi connectivity index (χ2n) is 2.67. The van der Waals surface area contributed by atoms with Crippen LogP contribution in [0, 0.1) is 6.92 Å². The quantitative estimate of drug-likeness (QED) is 0.446. The Hall–Kier alpha value is -1.63. The van der Waals surface area contributed by atoms with Crippen molar-refractivity contribution in [3.63, 3.8) is 0 Å². The minimum atomic E-state index is -0.399. The molecular weight excluding hydrogens is 216 g/mol. The van der Waals surface area contributed by atoms with Crippen LogP contribution in [0.1, 0.15) is 22.3 Å². The first-order valence-corrected chi connectivity index (χ1v) is 5.10. The minimum Gasteiger partial charge on any atom is -0.462 e. The Morgan fingerprint density at radius 2 is 2.27 bits per heavy atom. The smallest absolute Gasteiger partial charge is 0.350 e. The monoisotopic (exact) mass is 228 g/mol. The summed E-state index contributed by atoms with van der Waals surface area (Å²) < 4.78 is 4.85. The van der Waals surface area contributed by atoms with E-state index in [1.54, 1.807) is 13.8 Å². The molecule has 15 heavy (non-hydrogen) atoms. The average molecular weight is 228 g/mol. The van der Waals surface area contributed by atoms with Crippen LogP contribution in [0.5, 0.6) is 0 Å². The Labute approximate surface area is 91.0 Å². The molecule has 7 heteroatoms. The van der Waals surface area contributed by atoms with Gasteiger partial charge in [-0.1, -0.05) is 11.3 Å². The third-order valence-corrected chi connectivity index (χ3v) is 2.50. The fraction of sp³-hybridized carbons (Fsp3) is 0.375. The van der Waals surface area contributed by atoms with Gasteiger partial charge in [0.05, 0.1) is 12.3 Å². The summed E-state index contributed by atoms with van der Waals surface area (Å²) in [5.41, 5.74) is 11.0. The number of aromatic nitrogens is 1. The third kappa shape index (κ3) is 2.91. The van der Waals surface area contributed by atoms with Crippen LogP contribution < -0.4 is 11.5 Å². The van der Waals surface area contributed by atoms with Crippen LogP contribution in [0.15, 0.2) is 4.99 Å². The molecule has 0 aliphatic heterocycles. The van der Waals surface area contributed by atoms with E-state index < -0.39 is 5.97 Å². The highest BCUT2D eigenvalue weighted by atomic mass is 32.1. The first-order valence-electron chi connectivity index (χ1n) is 4.28. The van der Waals surface area contributed by atoms with Gasteiger partial charge in [-0.25, -0.2) is 9.78 Å². The number of aryl methyl sites for hydroxylation is 1. The summed E-state index contributed by atoms with van der Waals surface area (Å²) in [6.07, 6.45) is 0. The fourth-order valence-corrected chi connectivity index (χ4v) is 1.78. The summed E-state index contributed by atoms with van der Waals surface area (Å²) in [6.45, 7) is 3.77. The maximum atomic E-state index is 11.4. The van der Waals surface area contributed by atoms with E-state index in [0.29, 0.717) is 22.3 Å². The molecule has 0 radical (unpaired) electrons. The topological polar surface area (TPSA) is 104 Å². The summed E-state index contributed by atoms with van der Waals surface area (Å²) >= 11 is 1.10. The van der Waals surface area contributed by atoms with Gasteiger partial charge in [-0.05, 0) is 13.8 Å². The molecule has 1 aromatic heterocycles. The molecule has 0 unspecified atom stereocenters. The normalized spacial score (nSPS) is 9.73. The van der Waals surface area contributed by atoms with Gasteiger partial charge in [0.2, 0.25) is 5.13 Å². The number of hydrogen-bond acceptors (Lipinski definition) is 5. The van der Waals surface area contributed by atoms with Gasteiger partial charge >= 0.3 is 5.97 Å². The van der Waals surface area contributed by atoms with Crippen LogP contribution in [0.4, 0.5) is 5.13 Å². The van der Waals surface area contributed by atoms with E-state index in [2.05, 4.69) is 9.98 Å². The van der Waals surface area contributed by atoms with Gasteiger partial charge in [0, 0.05) is 0 Å². The maximum absolute atomic E-state index is 11.4. The first kappa shape index (κ1) is 11.4. The zero-order chi connectivity index (χ0) is 11.4. The Kier molecular flexibility index (Phi) is 3.62. The van der Waals surface area contributed by atoms with E-state index in [-0.39, 0.29) is 5.96 Å². The summed E-state index contributed by atoms with van der Waals surface area (Å²) in [7, 11) is 0. The highest BCUT2D eigenvalue weighted by molar-refractivity contribution is 7.17. The van der Waals surface area contributed by atoms with Gasteiger partial charge in [-0.3, -0.25) is 0 Å². The molecule has 4 N–H and O–H groups in total. The van der Waals surface area contributed by atoms with Crippen molar-refractivity contribution in [3.05, 3.63) is 10.6 Å². The van der Waals surface area contributed by atoms with E-state index in [1.807, 2.05) is 0 Å². The second-order valence-corrected chi connectivity index (χ2v) is 3.65. The number of hydrogen-bond donors (Lipinski definition) is 2. The molecule has 0 atom stereocenters. The van der Waals surface area contributed by atoms with Crippen LogP contribution in [-0.2, 0) is 4.74 Å². The molecule has 0 bridgehead atoms. The molecule has 0 saturated carbocycles. The Bertz CT molecular complexity index is 395. The molecule has 0 aromatic carbocycles. The van der Waals surface area contributed by atoms with E-state index in [0.717, 1.165) is 11.3 Å². The van der Waals surface area contributed by atoms with Crippen LogP contribution in [0.3, 0.4) is 0 Å². The van der Waals surface area contributed by atoms with Gasteiger partial charge in [0.15, 0.2) is 5.96 Å². The number of carbonyl (C=O) groups is 1. The summed E-state index contributed by atoms with van der Waals surface area (Å²) in [5, 5.41) is 0.357. The standard InChI is InChI=1S/C8H12N4O2S/c1-3-14-6(13)5-4(2)11-8(15-5)12-7(9)10/h3H2,1-2H3,(H4,9,10,11,12). The number of nitrogens with zero attached hydrogens (tertiary/aromatic N) is 2. The lowest BCUT2D eigenvalue weighted by atomic mass is 10.4. The van der Waals surface area contributed by atoms with E-state index in [1.165, 1.54) is 0 Å². The molecule has 0 fully saturated rings. The minimum absolute atomic E-state index is 0.0841. The number of ether oxygens (including phenoxy) is 1. The zero-order valence-electron chi connectivity index (χ0n) is 8.48. The largest absolute Gasteiger partial charge is 0.462 e. The van der Waals surface area contributed by atoms with Crippen LogP contribution in [0.25, 0.3) is 0 Å². The Morgan fingerprint density at radius 1 is 1.60 bits per heavy atom. The van der Waals surface area contributed by atoms with Crippen molar-refractivity contribution in [1.82, 2.24) is 4.98 Å². The lowest BCUT2D eigenvalue weighted by Crippen LogP contribution is -2.21. The number of guanidine groups is 1. The number of nitrogens with two attached hydrogens (primary N) is 2. The van der Waals surface area contributed by atoms with Crippen molar-refractivity contribution in [3.8, 4) is 0 Å². The lowest BCUT2D eigenvalue weighted by Gasteiger charge is -1.97. The molecule has 1 aromatic rings. The molecular formula is C8H12N4O2S. The van der Waals surface area contributed by atoms with Gasteiger partial charge in [-0.2, -0.15) is 4.99 Å². The van der Waals surface area contributed by atoms with Crippen LogP contribution in [-0.4, -0.2) is 23.5 Å². The van der Waals surface area contributed by atoms with Crippen molar-refractivity contribution >= 4 is 28.4 Å². The number of carbonyl (C=O) groups excluding carboxylic acids is 1. The highest BCUT2D eigenvalue weighted by Gasteiger charge is 2.15. The zero-order valence-corrected chi connectivity index (χ0v) is 9.30. The van der Waals surface area contributed by atoms with E-state index in [4.69, 9.17) is 16.2 Å². The second kappa shape index (κ2) is 4.74. The predicted octanol–water partition coefficient (Wildman–Crippen LogP) is 0.533. The molecule has 1 heterocycles. The first-order chi connectivity index (χ1) is 7.04. The van der Waals surface area contributed by atoms with Gasteiger partial charge in [0.1, 0.15) is 4.88 Å². The van der Waals surface area contributed by atoms with Gasteiger partial charge in [0.25, 0.3) is 0 Å². The number of esters is 1. The summed E-state index contributed by atoms with van der Waals surface area (Å²) in [4.78, 5) is 19.6. The highest BCUT2D eigenvalue weighted by Crippen LogP contribution is 2.25. The third-order valence-electron chi connectivity index (χ3n) is 1.47. The molecule has 0 aliphatic rings. The molecule has 0 spiro atoms. The average Bonchev–Trinajstić information content (AvgIpc) is 2.46. The molecule has 1 rings (SSSR count). The molecule has 0 aliphatic carbocycles. The van der Waals surface area contributed by atoms with Crippen LogP contribution >= 0.6 is 11.3 Å². The summed E-state index contributed by atoms with van der Waals surface area (Å²) in [5.74, 6) is -0.483. The van der Waals surface area contributed by atoms with Gasteiger partial charge in [-0.15, -0.1) is 0 Å². The van der Waals surface area contributed by atoms with Crippen molar-refractivity contribution in [2.45, 2.75) is 13.8 Å². The van der Waals surface area contributed by atoms with Crippen molar-refractivity contribution < 1.29 is 9.53 Å². The Balaban J connectivity index is 2.96. The molecule has 6 nitrogen and oxygen atoms in total. The predicted molar refractivity (Wildman–Crippen MR) is 58.3 cm³/mol. The fourth-order valence-electron chi connectivity index (χ4n) is 0.926. The lowest BCUT2D eigenvalue weighted by molar-refractivity contribution is 0.0531. The molecule has 0 amide bonds. The SMILES string of the molecule is CCOC(=O)c1sc(N=C(N)N)nc1C. The van der Waals surface area contributed by atoms with Crippen molar-refractivity contribution in [2.75, 3.05) is 6.61 Å². The number of aliphatic imine (C=N–C) groups is 1. The number of rotatable bonds is 3. The molecule has 82 valence electrons. The maximum Gasteiger partial charge on any atom is 0.350 e. The van der Waals surface area contributed by atoms with Crippen molar-refractivity contribution in [2.24, 2.45) is 16.5 Å². The summed E-state index contributed by atoms with van der Waals surface area (Å²) in [6, 6.07) is 0. The van der Waals surface area contributed by atoms with E-state index in [9.17, 15) is 4.79 Å². The Morgan fingerprint density at radius 3 is 2.80 bits per heavy atom. The van der Waals surface area contributed by atoms with Gasteiger partial charge < -0.3 is 16.2 Å². The number of thiazole rings is 1. The molecule has 0 saturated heterocycles.